The van der Waals surface area contributed by atoms with Crippen LogP contribution in [0.5, 0.6) is 5.75 Å². The standard InChI is InChI=1S/C19H20BrNO2/c1-11-7-13(8-12(2)18(11)22)10-21-19(23)17-9-16(17)14-3-5-15(20)6-4-14/h3-8,16-17,22H,9-10H2,1-2H3,(H,21,23)/t16-,17-/m0/s1. The Labute approximate surface area is 144 Å². The summed E-state index contributed by atoms with van der Waals surface area (Å²) < 4.78 is 1.06. The van der Waals surface area contributed by atoms with Crippen molar-refractivity contribution in [3.63, 3.8) is 0 Å². The zero-order chi connectivity index (χ0) is 16.6. The van der Waals surface area contributed by atoms with Crippen LogP contribution in [0.4, 0.5) is 0 Å². The molecule has 1 amide bonds. The number of carbonyl (C=O) groups is 1. The second-order valence-corrected chi connectivity index (χ2v) is 7.21. The molecular weight excluding hydrogens is 354 g/mol. The first-order valence-corrected chi connectivity index (χ1v) is 8.57. The van der Waals surface area contributed by atoms with Gasteiger partial charge in [-0.2, -0.15) is 0 Å². The van der Waals surface area contributed by atoms with E-state index in [1.807, 2.05) is 38.1 Å². The average Bonchev–Trinajstić information content (AvgIpc) is 3.31. The third kappa shape index (κ3) is 3.58. The van der Waals surface area contributed by atoms with E-state index < -0.39 is 0 Å². The number of hydrogen-bond donors (Lipinski definition) is 2. The van der Waals surface area contributed by atoms with Crippen LogP contribution in [0, 0.1) is 19.8 Å². The van der Waals surface area contributed by atoms with Crippen LogP contribution in [0.2, 0.25) is 0 Å². The summed E-state index contributed by atoms with van der Waals surface area (Å²) in [6, 6.07) is 12.0. The third-order valence-electron chi connectivity index (χ3n) is 4.44. The molecule has 0 saturated heterocycles. The molecule has 3 nitrogen and oxygen atoms in total. The van der Waals surface area contributed by atoms with Crippen LogP contribution in [-0.4, -0.2) is 11.0 Å². The molecule has 1 saturated carbocycles. The van der Waals surface area contributed by atoms with E-state index >= 15 is 0 Å². The van der Waals surface area contributed by atoms with Crippen molar-refractivity contribution in [2.75, 3.05) is 0 Å². The van der Waals surface area contributed by atoms with Gasteiger partial charge in [0.15, 0.2) is 0 Å². The highest BCUT2D eigenvalue weighted by Gasteiger charge is 2.43. The lowest BCUT2D eigenvalue weighted by Crippen LogP contribution is -2.25. The monoisotopic (exact) mass is 373 g/mol. The van der Waals surface area contributed by atoms with Crippen LogP contribution in [0.15, 0.2) is 40.9 Å². The van der Waals surface area contributed by atoms with E-state index in [1.165, 1.54) is 5.56 Å². The Hall–Kier alpha value is -1.81. The number of rotatable bonds is 4. The second kappa shape index (κ2) is 6.36. The number of aryl methyl sites for hydroxylation is 2. The Balaban J connectivity index is 1.58. The third-order valence-corrected chi connectivity index (χ3v) is 4.97. The Bertz CT molecular complexity index is 717. The van der Waals surface area contributed by atoms with Crippen molar-refractivity contribution in [3.8, 4) is 5.75 Å². The summed E-state index contributed by atoms with van der Waals surface area (Å²) >= 11 is 3.43. The largest absolute Gasteiger partial charge is 0.507 e. The number of benzene rings is 2. The second-order valence-electron chi connectivity index (χ2n) is 6.30. The van der Waals surface area contributed by atoms with Crippen molar-refractivity contribution in [1.82, 2.24) is 5.32 Å². The highest BCUT2D eigenvalue weighted by Crippen LogP contribution is 2.47. The highest BCUT2D eigenvalue weighted by atomic mass is 79.9. The van der Waals surface area contributed by atoms with E-state index in [2.05, 4.69) is 33.4 Å². The fraction of sp³-hybridized carbons (Fsp3) is 0.316. The summed E-state index contributed by atoms with van der Waals surface area (Å²) in [6.45, 7) is 4.25. The maximum atomic E-state index is 12.3. The Morgan fingerprint density at radius 3 is 2.43 bits per heavy atom. The van der Waals surface area contributed by atoms with Gasteiger partial charge in [0.25, 0.3) is 0 Å². The van der Waals surface area contributed by atoms with Gasteiger partial charge < -0.3 is 10.4 Å². The van der Waals surface area contributed by atoms with Crippen molar-refractivity contribution in [1.29, 1.82) is 0 Å². The van der Waals surface area contributed by atoms with Gasteiger partial charge in [-0.05, 0) is 60.6 Å². The predicted octanol–water partition coefficient (Wildman–Crippen LogP) is 4.19. The smallest absolute Gasteiger partial charge is 0.224 e. The molecule has 120 valence electrons. The number of amides is 1. The summed E-state index contributed by atoms with van der Waals surface area (Å²) in [6.07, 6.45) is 0.918. The molecule has 2 aromatic rings. The molecule has 0 aliphatic heterocycles. The molecule has 2 N–H and O–H groups in total. The summed E-state index contributed by atoms with van der Waals surface area (Å²) in [5, 5.41) is 12.8. The van der Waals surface area contributed by atoms with E-state index in [9.17, 15) is 9.90 Å². The van der Waals surface area contributed by atoms with E-state index in [-0.39, 0.29) is 11.8 Å². The first-order valence-electron chi connectivity index (χ1n) is 7.78. The highest BCUT2D eigenvalue weighted by molar-refractivity contribution is 9.10. The minimum Gasteiger partial charge on any atom is -0.507 e. The van der Waals surface area contributed by atoms with Gasteiger partial charge in [-0.15, -0.1) is 0 Å². The molecule has 4 heteroatoms. The van der Waals surface area contributed by atoms with Gasteiger partial charge in [-0.25, -0.2) is 0 Å². The van der Waals surface area contributed by atoms with Gasteiger partial charge >= 0.3 is 0 Å². The fourth-order valence-corrected chi connectivity index (χ4v) is 3.30. The molecule has 1 aliphatic carbocycles. The van der Waals surface area contributed by atoms with Gasteiger partial charge in [0, 0.05) is 16.9 Å². The van der Waals surface area contributed by atoms with Crippen LogP contribution in [0.1, 0.15) is 34.6 Å². The molecular formula is C19H20BrNO2. The molecule has 1 fully saturated rings. The lowest BCUT2D eigenvalue weighted by molar-refractivity contribution is -0.122. The van der Waals surface area contributed by atoms with Crippen molar-refractivity contribution in [2.24, 2.45) is 5.92 Å². The summed E-state index contributed by atoms with van der Waals surface area (Å²) in [5.41, 5.74) is 3.93. The summed E-state index contributed by atoms with van der Waals surface area (Å²) in [4.78, 5) is 12.3. The van der Waals surface area contributed by atoms with Crippen molar-refractivity contribution in [3.05, 3.63) is 63.1 Å². The number of halogens is 1. The Morgan fingerprint density at radius 1 is 1.22 bits per heavy atom. The van der Waals surface area contributed by atoms with Gasteiger partial charge in [0.05, 0.1) is 0 Å². The van der Waals surface area contributed by atoms with E-state index in [0.29, 0.717) is 18.2 Å². The molecule has 2 atom stereocenters. The summed E-state index contributed by atoms with van der Waals surface area (Å²) in [5.74, 6) is 0.862. The molecule has 0 unspecified atom stereocenters. The van der Waals surface area contributed by atoms with Crippen LogP contribution < -0.4 is 5.32 Å². The van der Waals surface area contributed by atoms with E-state index in [1.54, 1.807) is 0 Å². The van der Waals surface area contributed by atoms with Gasteiger partial charge in [-0.1, -0.05) is 40.2 Å². The Morgan fingerprint density at radius 2 is 1.83 bits per heavy atom. The minimum atomic E-state index is 0.0792. The summed E-state index contributed by atoms with van der Waals surface area (Å²) in [7, 11) is 0. The number of phenols is 1. The van der Waals surface area contributed by atoms with Crippen LogP contribution in [0.3, 0.4) is 0 Å². The van der Waals surface area contributed by atoms with E-state index in [4.69, 9.17) is 0 Å². The molecule has 0 heterocycles. The van der Waals surface area contributed by atoms with Crippen molar-refractivity contribution >= 4 is 21.8 Å². The van der Waals surface area contributed by atoms with Gasteiger partial charge in [0.1, 0.15) is 5.75 Å². The van der Waals surface area contributed by atoms with E-state index in [0.717, 1.165) is 27.6 Å². The topological polar surface area (TPSA) is 49.3 Å². The molecule has 3 rings (SSSR count). The number of nitrogens with one attached hydrogen (secondary N) is 1. The zero-order valence-corrected chi connectivity index (χ0v) is 14.9. The minimum absolute atomic E-state index is 0.0792. The van der Waals surface area contributed by atoms with Crippen LogP contribution >= 0.6 is 15.9 Å². The van der Waals surface area contributed by atoms with Crippen LogP contribution in [-0.2, 0) is 11.3 Å². The first kappa shape index (κ1) is 16.1. The average molecular weight is 374 g/mol. The molecule has 1 aliphatic rings. The SMILES string of the molecule is Cc1cc(CNC(=O)[C@H]2C[C@H]2c2ccc(Br)cc2)cc(C)c1O. The number of hydrogen-bond acceptors (Lipinski definition) is 2. The van der Waals surface area contributed by atoms with Crippen molar-refractivity contribution in [2.45, 2.75) is 32.7 Å². The van der Waals surface area contributed by atoms with Crippen LogP contribution in [0.25, 0.3) is 0 Å². The number of phenolic OH excluding ortho intramolecular Hbond substituents is 1. The first-order chi connectivity index (χ1) is 11.0. The maximum absolute atomic E-state index is 12.3. The molecule has 23 heavy (non-hydrogen) atoms. The zero-order valence-electron chi connectivity index (χ0n) is 13.3. The molecule has 0 radical (unpaired) electrons. The lowest BCUT2D eigenvalue weighted by atomic mass is 10.1. The molecule has 2 aromatic carbocycles. The number of aromatic hydroxyl groups is 1. The molecule has 0 spiro atoms. The lowest BCUT2D eigenvalue weighted by Gasteiger charge is -2.09. The number of carbonyl (C=O) groups excluding carboxylic acids is 1. The fourth-order valence-electron chi connectivity index (χ4n) is 3.03. The molecule has 0 bridgehead atoms. The molecule has 0 aromatic heterocycles. The predicted molar refractivity (Wildman–Crippen MR) is 94.4 cm³/mol. The van der Waals surface area contributed by atoms with Gasteiger partial charge in [-0.3, -0.25) is 4.79 Å². The Kier molecular flexibility index (Phi) is 4.44. The normalized spacial score (nSPS) is 19.4. The van der Waals surface area contributed by atoms with Gasteiger partial charge in [0.2, 0.25) is 5.91 Å². The van der Waals surface area contributed by atoms with Crippen molar-refractivity contribution < 1.29 is 9.90 Å². The maximum Gasteiger partial charge on any atom is 0.224 e. The quantitative estimate of drug-likeness (QED) is 0.843.